The van der Waals surface area contributed by atoms with Crippen molar-refractivity contribution < 1.29 is 28.5 Å². The maximum atomic E-state index is 14.2. The van der Waals surface area contributed by atoms with Crippen molar-refractivity contribution in [2.45, 2.75) is 24.4 Å². The number of aliphatic hydroxyl groups is 2. The third kappa shape index (κ3) is 4.00. The van der Waals surface area contributed by atoms with Gasteiger partial charge in [0, 0.05) is 18.0 Å². The molecule has 1 saturated heterocycles. The summed E-state index contributed by atoms with van der Waals surface area (Å²) >= 11 is 0. The van der Waals surface area contributed by atoms with E-state index < -0.39 is 42.6 Å². The summed E-state index contributed by atoms with van der Waals surface area (Å²) in [6.45, 7) is -0.848. The third-order valence-electron chi connectivity index (χ3n) is 4.99. The highest BCUT2D eigenvalue weighted by Crippen LogP contribution is 2.41. The summed E-state index contributed by atoms with van der Waals surface area (Å²) in [5.41, 5.74) is 0.668. The highest BCUT2D eigenvalue weighted by atomic mass is 19.3. The number of carbonyl (C=O) groups excluding carboxylic acids is 1. The fourth-order valence-electron chi connectivity index (χ4n) is 3.29. The van der Waals surface area contributed by atoms with Crippen LogP contribution in [0.4, 0.5) is 14.6 Å². The third-order valence-corrected chi connectivity index (χ3v) is 4.99. The van der Waals surface area contributed by atoms with Gasteiger partial charge >= 0.3 is 11.6 Å². The van der Waals surface area contributed by atoms with Gasteiger partial charge in [0.15, 0.2) is 6.10 Å². The van der Waals surface area contributed by atoms with Gasteiger partial charge < -0.3 is 20.3 Å². The van der Waals surface area contributed by atoms with E-state index in [9.17, 15) is 23.5 Å². The molecule has 0 aliphatic carbocycles. The minimum atomic E-state index is -3.83. The maximum absolute atomic E-state index is 14.2. The smallest absolute Gasteiger partial charge is 0.351 e. The second-order valence-corrected chi connectivity index (χ2v) is 7.08. The number of rotatable bonds is 5. The van der Waals surface area contributed by atoms with Crippen LogP contribution in [0.3, 0.4) is 0 Å². The van der Waals surface area contributed by atoms with Crippen molar-refractivity contribution in [2.24, 2.45) is 0 Å². The number of amides is 1. The topological polar surface area (TPSA) is 127 Å². The van der Waals surface area contributed by atoms with Crippen LogP contribution in [0.5, 0.6) is 0 Å². The normalized spacial score (nSPS) is 21.9. The largest absolute Gasteiger partial charge is 0.394 e. The number of nitrogens with one attached hydrogen (secondary N) is 1. The number of halogens is 2. The lowest BCUT2D eigenvalue weighted by molar-refractivity contribution is -0.140. The van der Waals surface area contributed by atoms with Crippen molar-refractivity contribution in [1.29, 1.82) is 0 Å². The number of ether oxygens (including phenoxy) is 1. The van der Waals surface area contributed by atoms with Gasteiger partial charge in [0.25, 0.3) is 5.91 Å². The van der Waals surface area contributed by atoms with E-state index in [-0.39, 0.29) is 11.5 Å². The van der Waals surface area contributed by atoms with Gasteiger partial charge in [-0.1, -0.05) is 36.4 Å². The Hall–Kier alpha value is -3.54. The Labute approximate surface area is 180 Å². The number of hydrogen-bond donors (Lipinski definition) is 3. The van der Waals surface area contributed by atoms with Gasteiger partial charge in [-0.05, 0) is 17.7 Å². The van der Waals surface area contributed by atoms with Gasteiger partial charge in [0.05, 0.1) is 6.61 Å². The van der Waals surface area contributed by atoms with Gasteiger partial charge in [-0.25, -0.2) is 4.79 Å². The number of hydrogen-bond acceptors (Lipinski definition) is 7. The molecule has 0 saturated carbocycles. The molecule has 0 bridgehead atoms. The summed E-state index contributed by atoms with van der Waals surface area (Å²) in [4.78, 5) is 32.4. The SMILES string of the molecule is O=C(Nc1ccn([C@@H]2O[C@H](CO)[C@@H](O)C2(F)F)c(=O)n1)c1ccc(-c2ccccc2)cn1. The van der Waals surface area contributed by atoms with E-state index >= 15 is 0 Å². The Morgan fingerprint density at radius 3 is 2.50 bits per heavy atom. The average molecular weight is 444 g/mol. The van der Waals surface area contributed by atoms with E-state index in [4.69, 9.17) is 9.84 Å². The van der Waals surface area contributed by atoms with E-state index in [1.807, 2.05) is 30.3 Å². The quantitative estimate of drug-likeness (QED) is 0.544. The summed E-state index contributed by atoms with van der Waals surface area (Å²) in [6, 6.07) is 13.8. The molecule has 1 aliphatic heterocycles. The molecule has 1 fully saturated rings. The maximum Gasteiger partial charge on any atom is 0.351 e. The molecule has 3 heterocycles. The predicted molar refractivity (Wildman–Crippen MR) is 108 cm³/mol. The molecule has 3 atom stereocenters. The van der Waals surface area contributed by atoms with E-state index in [0.717, 1.165) is 23.4 Å². The summed E-state index contributed by atoms with van der Waals surface area (Å²) in [5.74, 6) is -4.65. The molecule has 11 heteroatoms. The second-order valence-electron chi connectivity index (χ2n) is 7.08. The molecule has 32 heavy (non-hydrogen) atoms. The predicted octanol–water partition coefficient (Wildman–Crippen LogP) is 1.44. The van der Waals surface area contributed by atoms with E-state index in [1.54, 1.807) is 6.07 Å². The lowest BCUT2D eigenvalue weighted by atomic mass is 10.1. The molecule has 3 aromatic rings. The molecule has 3 N–H and O–H groups in total. The van der Waals surface area contributed by atoms with Crippen molar-refractivity contribution >= 4 is 11.7 Å². The summed E-state index contributed by atoms with van der Waals surface area (Å²) in [6.07, 6.45) is -3.49. The number of aliphatic hydroxyl groups excluding tert-OH is 2. The van der Waals surface area contributed by atoms with E-state index in [1.165, 1.54) is 12.3 Å². The van der Waals surface area contributed by atoms with Crippen molar-refractivity contribution in [3.8, 4) is 11.1 Å². The molecular weight excluding hydrogens is 426 g/mol. The lowest BCUT2D eigenvalue weighted by Gasteiger charge is -2.21. The molecule has 1 aliphatic rings. The first kappa shape index (κ1) is 21.7. The Morgan fingerprint density at radius 1 is 1.16 bits per heavy atom. The molecule has 0 spiro atoms. The number of aromatic nitrogens is 3. The van der Waals surface area contributed by atoms with Crippen molar-refractivity contribution in [3.63, 3.8) is 0 Å². The van der Waals surface area contributed by atoms with Gasteiger partial charge in [-0.3, -0.25) is 14.3 Å². The fourth-order valence-corrected chi connectivity index (χ4v) is 3.29. The minimum Gasteiger partial charge on any atom is -0.394 e. The van der Waals surface area contributed by atoms with Crippen LogP contribution >= 0.6 is 0 Å². The second kappa shape index (κ2) is 8.54. The first-order valence-corrected chi connectivity index (χ1v) is 9.55. The number of anilines is 1. The number of carbonyl (C=O) groups is 1. The highest BCUT2D eigenvalue weighted by molar-refractivity contribution is 6.02. The number of pyridine rings is 1. The molecular formula is C21H18F2N4O5. The molecule has 4 rings (SSSR count). The van der Waals surface area contributed by atoms with Crippen LogP contribution in [0.1, 0.15) is 16.7 Å². The minimum absolute atomic E-state index is 0.0650. The van der Waals surface area contributed by atoms with Crippen molar-refractivity contribution in [2.75, 3.05) is 11.9 Å². The van der Waals surface area contributed by atoms with Gasteiger partial charge in [-0.2, -0.15) is 13.8 Å². The van der Waals surface area contributed by atoms with E-state index in [0.29, 0.717) is 4.57 Å². The zero-order valence-electron chi connectivity index (χ0n) is 16.4. The fraction of sp³-hybridized carbons (Fsp3) is 0.238. The van der Waals surface area contributed by atoms with Crippen LogP contribution in [0.15, 0.2) is 65.7 Å². The van der Waals surface area contributed by atoms with Crippen LogP contribution in [0.2, 0.25) is 0 Å². The van der Waals surface area contributed by atoms with Crippen molar-refractivity contribution in [3.05, 3.63) is 77.1 Å². The molecule has 1 aromatic carbocycles. The number of benzene rings is 1. The van der Waals surface area contributed by atoms with Crippen LogP contribution < -0.4 is 11.0 Å². The first-order valence-electron chi connectivity index (χ1n) is 9.55. The first-order chi connectivity index (χ1) is 15.3. The molecule has 0 radical (unpaired) electrons. The molecule has 0 unspecified atom stereocenters. The van der Waals surface area contributed by atoms with Crippen LogP contribution in [0.25, 0.3) is 11.1 Å². The summed E-state index contributed by atoms with van der Waals surface area (Å²) in [7, 11) is 0. The molecule has 9 nitrogen and oxygen atoms in total. The Bertz CT molecular complexity index is 1170. The number of alkyl halides is 2. The Morgan fingerprint density at radius 2 is 1.91 bits per heavy atom. The number of nitrogens with zero attached hydrogens (tertiary/aromatic N) is 3. The zero-order valence-corrected chi connectivity index (χ0v) is 16.4. The average Bonchev–Trinajstić information content (AvgIpc) is 3.03. The standard InChI is InChI=1S/C21H18F2N4O5/c22-21(23)17(29)15(11-28)32-19(21)27-9-8-16(26-20(27)31)25-18(30)14-7-6-13(10-24-14)12-4-2-1-3-5-12/h1-10,15,17,19,28-29H,11H2,(H,25,26,30,31)/t15-,17-,19-/m1/s1. The van der Waals surface area contributed by atoms with Crippen molar-refractivity contribution in [1.82, 2.24) is 14.5 Å². The monoisotopic (exact) mass is 444 g/mol. The van der Waals surface area contributed by atoms with Crippen LogP contribution in [0, 0.1) is 0 Å². The Kier molecular flexibility index (Phi) is 5.78. The Balaban J connectivity index is 1.49. The van der Waals surface area contributed by atoms with Crippen LogP contribution in [-0.4, -0.2) is 55.4 Å². The summed E-state index contributed by atoms with van der Waals surface area (Å²) in [5, 5.41) is 21.0. The van der Waals surface area contributed by atoms with Gasteiger partial charge in [0.1, 0.15) is 17.6 Å². The molecule has 2 aromatic heterocycles. The zero-order chi connectivity index (χ0) is 22.9. The lowest BCUT2D eigenvalue weighted by Crippen LogP contribution is -2.41. The summed E-state index contributed by atoms with van der Waals surface area (Å²) < 4.78 is 33.9. The molecule has 166 valence electrons. The van der Waals surface area contributed by atoms with Gasteiger partial charge in [0.2, 0.25) is 6.23 Å². The molecule has 1 amide bonds. The van der Waals surface area contributed by atoms with E-state index in [2.05, 4.69) is 15.3 Å². The van der Waals surface area contributed by atoms with Crippen LogP contribution in [-0.2, 0) is 4.74 Å². The van der Waals surface area contributed by atoms with Gasteiger partial charge in [-0.15, -0.1) is 0 Å². The highest BCUT2D eigenvalue weighted by Gasteiger charge is 2.59.